The molecule has 0 radical (unpaired) electrons. The Morgan fingerprint density at radius 2 is 1.79 bits per heavy atom. The molecule has 2 N–H and O–H groups in total. The molecule has 0 aliphatic carbocycles. The third kappa shape index (κ3) is 4.06. The van der Waals surface area contributed by atoms with Crippen LogP contribution in [-0.4, -0.2) is 21.3 Å². The topological polar surface area (TPSA) is 129 Å². The van der Waals surface area contributed by atoms with Gasteiger partial charge in [0.15, 0.2) is 22.5 Å². The van der Waals surface area contributed by atoms with Crippen LogP contribution in [0.5, 0.6) is 0 Å². The molecule has 0 spiro atoms. The molecule has 0 saturated heterocycles. The van der Waals surface area contributed by atoms with Gasteiger partial charge < -0.3 is 5.32 Å². The number of hydrogen-bond donors (Lipinski definition) is 2. The van der Waals surface area contributed by atoms with Gasteiger partial charge in [0.1, 0.15) is 18.2 Å². The van der Waals surface area contributed by atoms with Crippen molar-refractivity contribution in [3.8, 4) is 6.07 Å². The van der Waals surface area contributed by atoms with Crippen molar-refractivity contribution >= 4 is 34.2 Å². The van der Waals surface area contributed by atoms with Gasteiger partial charge in [-0.25, -0.2) is 9.13 Å². The lowest BCUT2D eigenvalue weighted by atomic mass is 9.67. The van der Waals surface area contributed by atoms with Crippen LogP contribution in [0.3, 0.4) is 0 Å². The summed E-state index contributed by atoms with van der Waals surface area (Å²) >= 11 is 0. The summed E-state index contributed by atoms with van der Waals surface area (Å²) in [5.41, 5.74) is 3.30. The summed E-state index contributed by atoms with van der Waals surface area (Å²) in [6.07, 6.45) is 1.91. The highest BCUT2D eigenvalue weighted by Gasteiger charge is 2.60. The van der Waals surface area contributed by atoms with Crippen molar-refractivity contribution in [1.82, 2.24) is 4.57 Å². The molecular weight excluding hydrogens is 528 g/mol. The highest BCUT2D eigenvalue weighted by atomic mass is 16.6. The van der Waals surface area contributed by atoms with Crippen LogP contribution in [0.4, 0.5) is 11.4 Å². The average Bonchev–Trinajstić information content (AvgIpc) is 3.50. The SMILES string of the molecule is Cc1ccc2c(c1)C(C(=C=N)C#N)(C(c1ccc([N+](=O)[O-])cc1)n1c[n+](Cc3ccccc3)c3ccccc31)C(=O)N2. The quantitative estimate of drug-likeness (QED) is 0.0923. The van der Waals surface area contributed by atoms with Crippen LogP contribution in [0.2, 0.25) is 0 Å². The number of aryl methyl sites for hydroxylation is 1. The largest absolute Gasteiger partial charge is 0.325 e. The number of nitro groups is 1. The third-order valence-corrected chi connectivity index (χ3v) is 7.87. The van der Waals surface area contributed by atoms with Crippen LogP contribution in [0, 0.1) is 33.8 Å². The summed E-state index contributed by atoms with van der Waals surface area (Å²) in [4.78, 5) is 25.3. The highest BCUT2D eigenvalue weighted by Crippen LogP contribution is 2.52. The summed E-state index contributed by atoms with van der Waals surface area (Å²) in [6, 6.07) is 30.4. The summed E-state index contributed by atoms with van der Waals surface area (Å²) < 4.78 is 4.01. The van der Waals surface area contributed by atoms with E-state index in [4.69, 9.17) is 5.41 Å². The Balaban J connectivity index is 1.71. The van der Waals surface area contributed by atoms with E-state index in [9.17, 15) is 20.2 Å². The highest BCUT2D eigenvalue weighted by molar-refractivity contribution is 6.11. The lowest BCUT2D eigenvalue weighted by molar-refractivity contribution is -0.663. The van der Waals surface area contributed by atoms with Crippen molar-refractivity contribution in [2.45, 2.75) is 24.9 Å². The van der Waals surface area contributed by atoms with E-state index in [0.29, 0.717) is 23.4 Å². The van der Waals surface area contributed by atoms with Crippen molar-refractivity contribution in [3.05, 3.63) is 141 Å². The second-order valence-electron chi connectivity index (χ2n) is 10.3. The van der Waals surface area contributed by atoms with Crippen LogP contribution >= 0.6 is 0 Å². The van der Waals surface area contributed by atoms with E-state index >= 15 is 0 Å². The van der Waals surface area contributed by atoms with E-state index in [-0.39, 0.29) is 11.3 Å². The van der Waals surface area contributed by atoms with Crippen molar-refractivity contribution in [2.75, 3.05) is 5.32 Å². The van der Waals surface area contributed by atoms with E-state index in [0.717, 1.165) is 22.2 Å². The van der Waals surface area contributed by atoms with Crippen molar-refractivity contribution in [1.29, 1.82) is 10.7 Å². The molecule has 0 saturated carbocycles. The van der Waals surface area contributed by atoms with Crippen LogP contribution in [0.15, 0.2) is 109 Å². The number of amides is 1. The van der Waals surface area contributed by atoms with Gasteiger partial charge in [-0.15, -0.1) is 0 Å². The fourth-order valence-electron chi connectivity index (χ4n) is 6.02. The molecule has 0 fully saturated rings. The third-order valence-electron chi connectivity index (χ3n) is 7.87. The number of carbonyl (C=O) groups is 1. The van der Waals surface area contributed by atoms with Gasteiger partial charge in [-0.3, -0.25) is 20.3 Å². The maximum absolute atomic E-state index is 14.3. The molecular formula is C33H25N6O3+. The van der Waals surface area contributed by atoms with Gasteiger partial charge in [0, 0.05) is 23.4 Å². The lowest BCUT2D eigenvalue weighted by Crippen LogP contribution is -2.45. The van der Waals surface area contributed by atoms with Gasteiger partial charge in [-0.1, -0.05) is 60.2 Å². The molecule has 1 amide bonds. The zero-order valence-corrected chi connectivity index (χ0v) is 22.6. The molecule has 6 rings (SSSR count). The molecule has 9 heteroatoms. The number of imidazole rings is 1. The molecule has 5 aromatic rings. The zero-order valence-electron chi connectivity index (χ0n) is 22.6. The number of benzene rings is 4. The summed E-state index contributed by atoms with van der Waals surface area (Å²) in [7, 11) is 0. The van der Waals surface area contributed by atoms with Crippen molar-refractivity contribution in [3.63, 3.8) is 0 Å². The maximum atomic E-state index is 14.3. The zero-order chi connectivity index (χ0) is 29.4. The fraction of sp³-hybridized carbons (Fsp3) is 0.121. The Kier molecular flexibility index (Phi) is 6.46. The number of fused-ring (bicyclic) bond motifs is 2. The van der Waals surface area contributed by atoms with E-state index in [1.54, 1.807) is 18.2 Å². The first kappa shape index (κ1) is 26.4. The molecule has 2 atom stereocenters. The fourth-order valence-corrected chi connectivity index (χ4v) is 6.02. The first-order valence-electron chi connectivity index (χ1n) is 13.3. The van der Waals surface area contributed by atoms with E-state index in [1.165, 1.54) is 12.1 Å². The number of hydrogen-bond acceptors (Lipinski definition) is 5. The molecule has 2 heterocycles. The number of non-ortho nitro benzene ring substituents is 1. The number of nitro benzene ring substituents is 1. The molecule has 0 bridgehead atoms. The number of nitrogens with zero attached hydrogens (tertiary/aromatic N) is 4. The minimum absolute atomic E-state index is 0.0988. The molecule has 2 unspecified atom stereocenters. The van der Waals surface area contributed by atoms with E-state index < -0.39 is 22.3 Å². The molecule has 204 valence electrons. The number of anilines is 1. The number of rotatable bonds is 7. The minimum Gasteiger partial charge on any atom is -0.325 e. The molecule has 1 aliphatic heterocycles. The molecule has 1 aromatic heterocycles. The maximum Gasteiger partial charge on any atom is 0.269 e. The van der Waals surface area contributed by atoms with Crippen LogP contribution in [-0.2, 0) is 16.8 Å². The van der Waals surface area contributed by atoms with Gasteiger partial charge >= 0.3 is 0 Å². The van der Waals surface area contributed by atoms with Gasteiger partial charge in [0.25, 0.3) is 5.69 Å². The van der Waals surface area contributed by atoms with Gasteiger partial charge in [-0.05, 0) is 54.3 Å². The van der Waals surface area contributed by atoms with E-state index in [2.05, 4.69) is 21.8 Å². The minimum atomic E-state index is -1.69. The van der Waals surface area contributed by atoms with Gasteiger partial charge in [-0.2, -0.15) is 5.26 Å². The molecule has 42 heavy (non-hydrogen) atoms. The summed E-state index contributed by atoms with van der Waals surface area (Å²) in [5, 5.41) is 33.0. The Labute approximate surface area is 241 Å². The predicted octanol–water partition coefficient (Wildman–Crippen LogP) is 5.37. The number of nitrogens with one attached hydrogen (secondary N) is 2. The Morgan fingerprint density at radius 3 is 2.48 bits per heavy atom. The Morgan fingerprint density at radius 1 is 1.07 bits per heavy atom. The number of para-hydroxylation sites is 2. The smallest absolute Gasteiger partial charge is 0.269 e. The van der Waals surface area contributed by atoms with Crippen LogP contribution < -0.4 is 9.88 Å². The first-order chi connectivity index (χ1) is 20.4. The van der Waals surface area contributed by atoms with Crippen molar-refractivity contribution in [2.24, 2.45) is 0 Å². The number of aromatic nitrogens is 2. The van der Waals surface area contributed by atoms with E-state index in [1.807, 2.05) is 84.5 Å². The Bertz CT molecular complexity index is 1970. The van der Waals surface area contributed by atoms with Crippen LogP contribution in [0.1, 0.15) is 28.3 Å². The number of nitriles is 1. The first-order valence-corrected chi connectivity index (χ1v) is 13.3. The van der Waals surface area contributed by atoms with Crippen molar-refractivity contribution < 1.29 is 14.3 Å². The van der Waals surface area contributed by atoms with Gasteiger partial charge in [0.05, 0.1) is 4.92 Å². The molecule has 1 aliphatic rings. The Hall–Kier alpha value is -5.84. The lowest BCUT2D eigenvalue weighted by Gasteiger charge is -2.33. The standard InChI is InChI=1S/C33H24N6O3/c1-22-11-16-28-27(17-22)33(32(40)36-28,25(18-34)19-35)31(24-12-14-26(15-13-24)39(41)42)38-21-37(20-23-7-3-2-4-8-23)29-9-5-6-10-30(29)38/h2-17,21,31,34H,20H2,1H3/p+1. The average molecular weight is 554 g/mol. The van der Waals surface area contributed by atoms with Crippen LogP contribution in [0.25, 0.3) is 11.0 Å². The normalized spacial score (nSPS) is 16.2. The second kappa shape index (κ2) is 10.3. The predicted molar refractivity (Wildman–Crippen MR) is 157 cm³/mol. The molecule has 9 nitrogen and oxygen atoms in total. The molecule has 4 aromatic carbocycles. The summed E-state index contributed by atoms with van der Waals surface area (Å²) in [5.74, 6) is 1.81. The monoisotopic (exact) mass is 553 g/mol. The summed E-state index contributed by atoms with van der Waals surface area (Å²) in [6.45, 7) is 2.44. The number of carbonyl (C=O) groups excluding carboxylic acids is 1. The van der Waals surface area contributed by atoms with Gasteiger partial charge in [0.2, 0.25) is 12.2 Å². The second-order valence-corrected chi connectivity index (χ2v) is 10.3.